The van der Waals surface area contributed by atoms with Crippen LogP contribution in [0.1, 0.15) is 30.1 Å². The smallest absolute Gasteiger partial charge is 0.254 e. The molecular weight excluding hydrogens is 338 g/mol. The van der Waals surface area contributed by atoms with Gasteiger partial charge in [-0.1, -0.05) is 41.9 Å². The van der Waals surface area contributed by atoms with Gasteiger partial charge in [-0.2, -0.15) is 0 Å². The Balaban J connectivity index is 1.82. The molecule has 0 saturated heterocycles. The zero-order chi connectivity index (χ0) is 17.8. The third-order valence-electron chi connectivity index (χ3n) is 3.78. The van der Waals surface area contributed by atoms with Crippen molar-refractivity contribution in [2.45, 2.75) is 26.4 Å². The van der Waals surface area contributed by atoms with Crippen molar-refractivity contribution in [2.75, 3.05) is 0 Å². The average Bonchev–Trinajstić information content (AvgIpc) is 3.08. The predicted molar refractivity (Wildman–Crippen MR) is 96.2 cm³/mol. The molecule has 3 aromatic rings. The van der Waals surface area contributed by atoms with Crippen LogP contribution in [0.4, 0.5) is 0 Å². The zero-order valence-corrected chi connectivity index (χ0v) is 14.8. The van der Waals surface area contributed by atoms with Gasteiger partial charge in [0.1, 0.15) is 0 Å². The highest BCUT2D eigenvalue weighted by molar-refractivity contribution is 6.33. The quantitative estimate of drug-likeness (QED) is 0.678. The monoisotopic (exact) mass is 355 g/mol. The van der Waals surface area contributed by atoms with Gasteiger partial charge in [0, 0.05) is 11.6 Å². The van der Waals surface area contributed by atoms with E-state index in [0.717, 1.165) is 0 Å². The summed E-state index contributed by atoms with van der Waals surface area (Å²) in [6, 6.07) is 16.4. The van der Waals surface area contributed by atoms with Crippen LogP contribution >= 0.6 is 11.6 Å². The highest BCUT2D eigenvalue weighted by Gasteiger charge is 2.22. The number of rotatable bonds is 5. The number of aromatic nitrogens is 2. The highest BCUT2D eigenvalue weighted by atomic mass is 35.5. The largest absolute Gasteiger partial charge is 0.419 e. The minimum Gasteiger partial charge on any atom is -0.419 e. The van der Waals surface area contributed by atoms with Crippen LogP contribution in [-0.2, 0) is 6.54 Å². The number of carbonyl (C=O) groups is 1. The van der Waals surface area contributed by atoms with Crippen LogP contribution in [0, 0.1) is 0 Å². The summed E-state index contributed by atoms with van der Waals surface area (Å²) >= 11 is 6.16. The van der Waals surface area contributed by atoms with Crippen LogP contribution in [0.15, 0.2) is 59.0 Å². The standard InChI is InChI=1S/C19H18ClN3O2/c1-13(2)23(19(24)14-8-4-3-5-9-14)12-17-21-22-18(25-17)15-10-6-7-11-16(15)20/h3-11,13H,12H2,1-2H3. The van der Waals surface area contributed by atoms with E-state index in [2.05, 4.69) is 10.2 Å². The summed E-state index contributed by atoms with van der Waals surface area (Å²) in [5, 5.41) is 8.66. The molecule has 1 aromatic heterocycles. The normalized spacial score (nSPS) is 10.9. The molecule has 0 aliphatic heterocycles. The Morgan fingerprint density at radius 1 is 1.08 bits per heavy atom. The third kappa shape index (κ3) is 3.88. The van der Waals surface area contributed by atoms with Crippen molar-refractivity contribution >= 4 is 17.5 Å². The molecule has 3 rings (SSSR count). The second kappa shape index (κ2) is 7.49. The van der Waals surface area contributed by atoms with Crippen LogP contribution in [-0.4, -0.2) is 27.0 Å². The molecule has 0 spiro atoms. The Labute approximate surface area is 151 Å². The maximum atomic E-state index is 12.7. The number of amides is 1. The van der Waals surface area contributed by atoms with Gasteiger partial charge >= 0.3 is 0 Å². The molecule has 2 aromatic carbocycles. The summed E-state index contributed by atoms with van der Waals surface area (Å²) in [7, 11) is 0. The molecule has 0 bridgehead atoms. The number of benzene rings is 2. The number of nitrogens with zero attached hydrogens (tertiary/aromatic N) is 3. The van der Waals surface area contributed by atoms with Crippen LogP contribution in [0.5, 0.6) is 0 Å². The van der Waals surface area contributed by atoms with E-state index in [1.807, 2.05) is 50.2 Å². The summed E-state index contributed by atoms with van der Waals surface area (Å²) in [4.78, 5) is 14.4. The van der Waals surface area contributed by atoms with Crippen molar-refractivity contribution in [3.8, 4) is 11.5 Å². The Morgan fingerprint density at radius 2 is 1.76 bits per heavy atom. The van der Waals surface area contributed by atoms with E-state index in [9.17, 15) is 4.79 Å². The van der Waals surface area contributed by atoms with Crippen molar-refractivity contribution in [2.24, 2.45) is 0 Å². The van der Waals surface area contributed by atoms with E-state index in [1.165, 1.54) is 0 Å². The van der Waals surface area contributed by atoms with Gasteiger partial charge in [0.2, 0.25) is 11.8 Å². The van der Waals surface area contributed by atoms with Crippen LogP contribution in [0.25, 0.3) is 11.5 Å². The van der Waals surface area contributed by atoms with Gasteiger partial charge in [-0.25, -0.2) is 0 Å². The molecule has 1 amide bonds. The second-order valence-electron chi connectivity index (χ2n) is 5.87. The molecule has 0 N–H and O–H groups in total. The van der Waals surface area contributed by atoms with Crippen molar-refractivity contribution < 1.29 is 9.21 Å². The van der Waals surface area contributed by atoms with Crippen LogP contribution in [0.3, 0.4) is 0 Å². The molecule has 25 heavy (non-hydrogen) atoms. The summed E-state index contributed by atoms with van der Waals surface area (Å²) < 4.78 is 5.72. The predicted octanol–water partition coefficient (Wildman–Crippen LogP) is 4.44. The molecule has 128 valence electrons. The fourth-order valence-electron chi connectivity index (χ4n) is 2.44. The van der Waals surface area contributed by atoms with Crippen molar-refractivity contribution in [3.05, 3.63) is 71.1 Å². The molecule has 0 radical (unpaired) electrons. The Kier molecular flexibility index (Phi) is 5.14. The van der Waals surface area contributed by atoms with Gasteiger partial charge in [-0.15, -0.1) is 10.2 Å². The van der Waals surface area contributed by atoms with E-state index in [0.29, 0.717) is 27.9 Å². The molecule has 6 heteroatoms. The number of halogens is 1. The molecule has 0 fully saturated rings. The maximum absolute atomic E-state index is 12.7. The topological polar surface area (TPSA) is 59.2 Å². The molecule has 1 heterocycles. The Morgan fingerprint density at radius 3 is 2.44 bits per heavy atom. The summed E-state index contributed by atoms with van der Waals surface area (Å²) in [6.45, 7) is 4.14. The minimum absolute atomic E-state index is 0.0108. The lowest BCUT2D eigenvalue weighted by Gasteiger charge is -2.25. The van der Waals surface area contributed by atoms with E-state index in [-0.39, 0.29) is 18.5 Å². The third-order valence-corrected chi connectivity index (χ3v) is 4.11. The van der Waals surface area contributed by atoms with Gasteiger partial charge in [-0.3, -0.25) is 4.79 Å². The lowest BCUT2D eigenvalue weighted by Crippen LogP contribution is -2.36. The van der Waals surface area contributed by atoms with Gasteiger partial charge in [0.15, 0.2) is 0 Å². The summed E-state index contributed by atoms with van der Waals surface area (Å²) in [6.07, 6.45) is 0. The van der Waals surface area contributed by atoms with Crippen LogP contribution in [0.2, 0.25) is 5.02 Å². The van der Waals surface area contributed by atoms with E-state index in [1.54, 1.807) is 23.1 Å². The van der Waals surface area contributed by atoms with E-state index < -0.39 is 0 Å². The molecule has 0 unspecified atom stereocenters. The van der Waals surface area contributed by atoms with Gasteiger partial charge in [-0.05, 0) is 38.1 Å². The first-order valence-corrected chi connectivity index (χ1v) is 8.37. The van der Waals surface area contributed by atoms with Crippen molar-refractivity contribution in [1.82, 2.24) is 15.1 Å². The Bertz CT molecular complexity index is 862. The minimum atomic E-state index is -0.0758. The van der Waals surface area contributed by atoms with Crippen molar-refractivity contribution in [1.29, 1.82) is 0 Å². The number of carbonyl (C=O) groups excluding carboxylic acids is 1. The first-order valence-electron chi connectivity index (χ1n) is 7.99. The van der Waals surface area contributed by atoms with Crippen LogP contribution < -0.4 is 0 Å². The lowest BCUT2D eigenvalue weighted by molar-refractivity contribution is 0.0672. The fraction of sp³-hybridized carbons (Fsp3) is 0.211. The molecule has 0 saturated carbocycles. The van der Waals surface area contributed by atoms with E-state index in [4.69, 9.17) is 16.0 Å². The highest BCUT2D eigenvalue weighted by Crippen LogP contribution is 2.26. The Hall–Kier alpha value is -2.66. The first-order chi connectivity index (χ1) is 12.1. The zero-order valence-electron chi connectivity index (χ0n) is 14.0. The SMILES string of the molecule is CC(C)N(Cc1nnc(-c2ccccc2Cl)o1)C(=O)c1ccccc1. The van der Waals surface area contributed by atoms with Gasteiger partial charge < -0.3 is 9.32 Å². The van der Waals surface area contributed by atoms with Gasteiger partial charge in [0.25, 0.3) is 5.91 Å². The number of hydrogen-bond donors (Lipinski definition) is 0. The molecule has 5 nitrogen and oxygen atoms in total. The van der Waals surface area contributed by atoms with Gasteiger partial charge in [0.05, 0.1) is 17.1 Å². The second-order valence-corrected chi connectivity index (χ2v) is 6.28. The summed E-state index contributed by atoms with van der Waals surface area (Å²) in [5.41, 5.74) is 1.30. The van der Waals surface area contributed by atoms with E-state index >= 15 is 0 Å². The average molecular weight is 356 g/mol. The lowest BCUT2D eigenvalue weighted by atomic mass is 10.1. The molecule has 0 aliphatic rings. The first kappa shape index (κ1) is 17.2. The fourth-order valence-corrected chi connectivity index (χ4v) is 2.66. The molecular formula is C19H18ClN3O2. The number of hydrogen-bond acceptors (Lipinski definition) is 4. The van der Waals surface area contributed by atoms with Crippen molar-refractivity contribution in [3.63, 3.8) is 0 Å². The molecule has 0 aliphatic carbocycles. The molecule has 0 atom stereocenters. The summed E-state index contributed by atoms with van der Waals surface area (Å²) in [5.74, 6) is 0.637. The maximum Gasteiger partial charge on any atom is 0.254 e.